The van der Waals surface area contributed by atoms with Gasteiger partial charge in [0, 0.05) is 44.3 Å². The van der Waals surface area contributed by atoms with Crippen molar-refractivity contribution in [3.05, 3.63) is 47.7 Å². The number of rotatable bonds is 7. The molecule has 0 spiro atoms. The van der Waals surface area contributed by atoms with Gasteiger partial charge in [0.1, 0.15) is 5.82 Å². The van der Waals surface area contributed by atoms with E-state index in [4.69, 9.17) is 9.47 Å². The molecule has 8 heteroatoms. The SMILES string of the molecule is CN=C(NCC(C)(C)c1ccc(OC)c(OC)c1)NC1CCN(c2ccc(C)cn2)CC1.I. The zero-order chi connectivity index (χ0) is 23.1. The molecule has 0 amide bonds. The number of hydrogen-bond acceptors (Lipinski definition) is 5. The van der Waals surface area contributed by atoms with E-state index < -0.39 is 0 Å². The van der Waals surface area contributed by atoms with Gasteiger partial charge >= 0.3 is 0 Å². The largest absolute Gasteiger partial charge is 0.493 e. The van der Waals surface area contributed by atoms with E-state index in [0.717, 1.165) is 55.8 Å². The lowest BCUT2D eigenvalue weighted by Crippen LogP contribution is -2.50. The molecule has 1 aliphatic rings. The first-order valence-electron chi connectivity index (χ1n) is 11.2. The summed E-state index contributed by atoms with van der Waals surface area (Å²) in [5, 5.41) is 7.11. The Labute approximate surface area is 215 Å². The zero-order valence-corrected chi connectivity index (χ0v) is 23.0. The number of guanidine groups is 1. The Morgan fingerprint density at radius 1 is 1.12 bits per heavy atom. The van der Waals surface area contributed by atoms with Crippen molar-refractivity contribution in [3.8, 4) is 11.5 Å². The van der Waals surface area contributed by atoms with E-state index in [9.17, 15) is 0 Å². The molecule has 2 N–H and O–H groups in total. The second-order valence-electron chi connectivity index (χ2n) is 8.98. The van der Waals surface area contributed by atoms with Crippen molar-refractivity contribution in [1.29, 1.82) is 0 Å². The zero-order valence-electron chi connectivity index (χ0n) is 20.6. The van der Waals surface area contributed by atoms with Crippen LogP contribution in [0.5, 0.6) is 11.5 Å². The van der Waals surface area contributed by atoms with Crippen molar-refractivity contribution >= 4 is 35.8 Å². The van der Waals surface area contributed by atoms with Crippen molar-refractivity contribution in [1.82, 2.24) is 15.6 Å². The van der Waals surface area contributed by atoms with E-state index in [1.54, 1.807) is 14.2 Å². The maximum absolute atomic E-state index is 5.48. The third kappa shape index (κ3) is 7.12. The van der Waals surface area contributed by atoms with Gasteiger partial charge in [-0.25, -0.2) is 4.98 Å². The Hall–Kier alpha value is -2.23. The molecule has 2 aromatic rings. The number of benzene rings is 1. The number of methoxy groups -OCH3 is 2. The van der Waals surface area contributed by atoms with E-state index in [2.05, 4.69) is 64.5 Å². The lowest BCUT2D eigenvalue weighted by molar-refractivity contribution is 0.353. The van der Waals surface area contributed by atoms with Gasteiger partial charge in [-0.3, -0.25) is 4.99 Å². The molecule has 1 aromatic carbocycles. The third-order valence-corrected chi connectivity index (χ3v) is 6.14. The Morgan fingerprint density at radius 3 is 2.39 bits per heavy atom. The Balaban J connectivity index is 0.00000385. The predicted molar refractivity (Wildman–Crippen MR) is 147 cm³/mol. The molecule has 0 bridgehead atoms. The Morgan fingerprint density at radius 2 is 1.82 bits per heavy atom. The van der Waals surface area contributed by atoms with Crippen LogP contribution in [0.1, 0.15) is 37.8 Å². The maximum atomic E-state index is 5.48. The number of aromatic nitrogens is 1. The van der Waals surface area contributed by atoms with Gasteiger partial charge in [-0.15, -0.1) is 24.0 Å². The summed E-state index contributed by atoms with van der Waals surface area (Å²) < 4.78 is 10.8. The van der Waals surface area contributed by atoms with Gasteiger partial charge in [0.15, 0.2) is 17.5 Å². The molecule has 0 atom stereocenters. The quantitative estimate of drug-likeness (QED) is 0.298. The normalized spacial score (nSPS) is 15.0. The predicted octanol–water partition coefficient (Wildman–Crippen LogP) is 4.14. The van der Waals surface area contributed by atoms with Crippen molar-refractivity contribution in [3.63, 3.8) is 0 Å². The van der Waals surface area contributed by atoms with Gasteiger partial charge in [0.05, 0.1) is 14.2 Å². The van der Waals surface area contributed by atoms with Crippen molar-refractivity contribution < 1.29 is 9.47 Å². The monoisotopic (exact) mass is 567 g/mol. The molecule has 0 aliphatic carbocycles. The molecule has 0 radical (unpaired) electrons. The molecule has 1 aromatic heterocycles. The fourth-order valence-electron chi connectivity index (χ4n) is 3.95. The van der Waals surface area contributed by atoms with Crippen LogP contribution in [0.4, 0.5) is 5.82 Å². The lowest BCUT2D eigenvalue weighted by atomic mass is 9.84. The molecule has 2 heterocycles. The summed E-state index contributed by atoms with van der Waals surface area (Å²) in [6, 6.07) is 10.7. The van der Waals surface area contributed by atoms with Gasteiger partial charge in [-0.2, -0.15) is 0 Å². The number of nitrogens with zero attached hydrogens (tertiary/aromatic N) is 3. The number of hydrogen-bond donors (Lipinski definition) is 2. The molecule has 33 heavy (non-hydrogen) atoms. The number of nitrogens with one attached hydrogen (secondary N) is 2. The minimum absolute atomic E-state index is 0. The number of piperidine rings is 1. The summed E-state index contributed by atoms with van der Waals surface area (Å²) in [6.45, 7) is 9.21. The van der Waals surface area contributed by atoms with Crippen molar-refractivity contribution in [2.24, 2.45) is 4.99 Å². The molecular weight excluding hydrogens is 529 g/mol. The van der Waals surface area contributed by atoms with Crippen LogP contribution in [-0.2, 0) is 5.41 Å². The topological polar surface area (TPSA) is 71.0 Å². The fourth-order valence-corrected chi connectivity index (χ4v) is 3.95. The highest BCUT2D eigenvalue weighted by Gasteiger charge is 2.24. The van der Waals surface area contributed by atoms with Crippen LogP contribution < -0.4 is 25.0 Å². The van der Waals surface area contributed by atoms with Crippen molar-refractivity contribution in [2.45, 2.75) is 45.1 Å². The summed E-state index contributed by atoms with van der Waals surface area (Å²) in [7, 11) is 5.14. The Kier molecular flexibility index (Phi) is 10.1. The van der Waals surface area contributed by atoms with Gasteiger partial charge in [-0.1, -0.05) is 26.0 Å². The van der Waals surface area contributed by atoms with Gasteiger partial charge < -0.3 is 25.0 Å². The summed E-state index contributed by atoms with van der Waals surface area (Å²) in [4.78, 5) is 11.4. The van der Waals surface area contributed by atoms with Crippen LogP contribution in [-0.4, -0.2) is 57.9 Å². The minimum atomic E-state index is -0.113. The van der Waals surface area contributed by atoms with E-state index in [-0.39, 0.29) is 29.4 Å². The summed E-state index contributed by atoms with van der Waals surface area (Å²) in [5.41, 5.74) is 2.26. The number of pyridine rings is 1. The molecule has 0 saturated carbocycles. The standard InChI is InChI=1S/C25H37N5O2.HI/c1-18-7-10-23(27-16-18)30-13-11-20(12-14-30)29-24(26-4)28-17-25(2,3)19-8-9-21(31-5)22(15-19)32-6;/h7-10,15-16,20H,11-14,17H2,1-6H3,(H2,26,28,29);1H. The molecule has 1 aliphatic heterocycles. The van der Waals surface area contributed by atoms with Crippen LogP contribution in [0.25, 0.3) is 0 Å². The summed E-state index contributed by atoms with van der Waals surface area (Å²) in [5.74, 6) is 3.39. The molecule has 3 rings (SSSR count). The van der Waals surface area contributed by atoms with Gasteiger partial charge in [0.25, 0.3) is 0 Å². The number of aliphatic imine (C=N–C) groups is 1. The highest BCUT2D eigenvalue weighted by atomic mass is 127. The van der Waals surface area contributed by atoms with E-state index in [0.29, 0.717) is 6.04 Å². The lowest BCUT2D eigenvalue weighted by Gasteiger charge is -2.34. The first-order chi connectivity index (χ1) is 15.4. The fraction of sp³-hybridized carbons (Fsp3) is 0.520. The number of ether oxygens (including phenoxy) is 2. The van der Waals surface area contributed by atoms with Gasteiger partial charge in [-0.05, 0) is 49.1 Å². The molecular formula is C25H38IN5O2. The maximum Gasteiger partial charge on any atom is 0.191 e. The minimum Gasteiger partial charge on any atom is -0.493 e. The average molecular weight is 568 g/mol. The smallest absolute Gasteiger partial charge is 0.191 e. The molecule has 182 valence electrons. The van der Waals surface area contributed by atoms with Crippen LogP contribution in [0.3, 0.4) is 0 Å². The van der Waals surface area contributed by atoms with Crippen molar-refractivity contribution in [2.75, 3.05) is 45.8 Å². The van der Waals surface area contributed by atoms with E-state index in [1.165, 1.54) is 11.1 Å². The third-order valence-electron chi connectivity index (χ3n) is 6.14. The molecule has 1 fully saturated rings. The number of halogens is 1. The Bertz CT molecular complexity index is 910. The number of aryl methyl sites for hydroxylation is 1. The summed E-state index contributed by atoms with van der Waals surface area (Å²) >= 11 is 0. The summed E-state index contributed by atoms with van der Waals surface area (Å²) in [6.07, 6.45) is 4.04. The highest BCUT2D eigenvalue weighted by molar-refractivity contribution is 14.0. The highest BCUT2D eigenvalue weighted by Crippen LogP contribution is 2.32. The first-order valence-corrected chi connectivity index (χ1v) is 11.2. The van der Waals surface area contributed by atoms with Crippen LogP contribution in [0.2, 0.25) is 0 Å². The van der Waals surface area contributed by atoms with E-state index in [1.807, 2.05) is 25.4 Å². The number of anilines is 1. The van der Waals surface area contributed by atoms with E-state index >= 15 is 0 Å². The molecule has 0 unspecified atom stereocenters. The second kappa shape index (κ2) is 12.3. The van der Waals surface area contributed by atoms with Gasteiger partial charge in [0.2, 0.25) is 0 Å². The molecule has 7 nitrogen and oxygen atoms in total. The second-order valence-corrected chi connectivity index (χ2v) is 8.98. The molecule has 1 saturated heterocycles. The van der Waals surface area contributed by atoms with Crippen LogP contribution in [0, 0.1) is 6.92 Å². The average Bonchev–Trinajstić information content (AvgIpc) is 2.82. The first kappa shape index (κ1) is 27.0. The van der Waals surface area contributed by atoms with Crippen LogP contribution in [0.15, 0.2) is 41.5 Å². The van der Waals surface area contributed by atoms with Crippen LogP contribution >= 0.6 is 24.0 Å².